The number of rotatable bonds is 4. The smallest absolute Gasteiger partial charge is 0.159 e. The zero-order valence-electron chi connectivity index (χ0n) is 10.7. The molecule has 0 saturated heterocycles. The fraction of sp³-hybridized carbons (Fsp3) is 0.200. The first-order valence-corrected chi connectivity index (χ1v) is 6.81. The van der Waals surface area contributed by atoms with E-state index in [9.17, 15) is 13.9 Å². The Morgan fingerprint density at radius 2 is 1.90 bits per heavy atom. The van der Waals surface area contributed by atoms with Gasteiger partial charge in [-0.25, -0.2) is 8.78 Å². The van der Waals surface area contributed by atoms with Gasteiger partial charge in [-0.15, -0.1) is 0 Å². The summed E-state index contributed by atoms with van der Waals surface area (Å²) in [5.41, 5.74) is 1.15. The van der Waals surface area contributed by atoms with Gasteiger partial charge in [0.05, 0.1) is 6.10 Å². The molecule has 5 heteroatoms. The van der Waals surface area contributed by atoms with Gasteiger partial charge in [0, 0.05) is 10.0 Å². The molecule has 0 aliphatic rings. The average molecular weight is 343 g/mol. The Bertz CT molecular complexity index is 615. The number of aliphatic hydroxyl groups is 1. The van der Waals surface area contributed by atoms with Crippen molar-refractivity contribution in [1.82, 2.24) is 0 Å². The van der Waals surface area contributed by atoms with Crippen LogP contribution in [0.5, 0.6) is 5.75 Å². The van der Waals surface area contributed by atoms with Gasteiger partial charge in [-0.05, 0) is 36.8 Å². The van der Waals surface area contributed by atoms with Crippen molar-refractivity contribution >= 4 is 15.9 Å². The highest BCUT2D eigenvalue weighted by Gasteiger charge is 2.10. The molecule has 0 aromatic heterocycles. The van der Waals surface area contributed by atoms with Gasteiger partial charge in [0.1, 0.15) is 12.4 Å². The highest BCUT2D eigenvalue weighted by Crippen LogP contribution is 2.29. The van der Waals surface area contributed by atoms with Gasteiger partial charge in [-0.2, -0.15) is 0 Å². The number of hydrogen-bond donors (Lipinski definition) is 1. The first-order chi connectivity index (χ1) is 9.47. The molecule has 1 N–H and O–H groups in total. The van der Waals surface area contributed by atoms with Crippen LogP contribution in [0.25, 0.3) is 0 Å². The third-order valence-corrected chi connectivity index (χ3v) is 3.30. The summed E-state index contributed by atoms with van der Waals surface area (Å²) in [6.07, 6.45) is -0.678. The quantitative estimate of drug-likeness (QED) is 0.894. The number of aliphatic hydroxyl groups excluding tert-OH is 1. The van der Waals surface area contributed by atoms with Crippen LogP contribution in [0.4, 0.5) is 8.78 Å². The maximum Gasteiger partial charge on any atom is 0.159 e. The summed E-state index contributed by atoms with van der Waals surface area (Å²) in [7, 11) is 0. The van der Waals surface area contributed by atoms with Gasteiger partial charge in [0.15, 0.2) is 11.6 Å². The molecule has 0 bridgehead atoms. The van der Waals surface area contributed by atoms with E-state index in [0.717, 1.165) is 16.6 Å². The van der Waals surface area contributed by atoms with Gasteiger partial charge in [0.25, 0.3) is 0 Å². The van der Waals surface area contributed by atoms with Crippen molar-refractivity contribution in [3.63, 3.8) is 0 Å². The van der Waals surface area contributed by atoms with E-state index in [2.05, 4.69) is 15.9 Å². The molecule has 2 rings (SSSR count). The monoisotopic (exact) mass is 342 g/mol. The van der Waals surface area contributed by atoms with Gasteiger partial charge < -0.3 is 9.84 Å². The fourth-order valence-electron chi connectivity index (χ4n) is 1.77. The normalized spacial score (nSPS) is 12.2. The fourth-order valence-corrected chi connectivity index (χ4v) is 2.11. The maximum atomic E-state index is 13.1. The van der Waals surface area contributed by atoms with Crippen molar-refractivity contribution in [2.24, 2.45) is 0 Å². The molecule has 2 aromatic rings. The summed E-state index contributed by atoms with van der Waals surface area (Å²) in [5.74, 6) is -1.30. The third kappa shape index (κ3) is 3.55. The first-order valence-electron chi connectivity index (χ1n) is 6.01. The summed E-state index contributed by atoms with van der Waals surface area (Å²) in [6, 6.07) is 8.88. The summed E-state index contributed by atoms with van der Waals surface area (Å²) >= 11 is 3.32. The molecule has 0 amide bonds. The molecule has 0 fully saturated rings. The van der Waals surface area contributed by atoms with Gasteiger partial charge >= 0.3 is 0 Å². The highest BCUT2D eigenvalue weighted by atomic mass is 79.9. The van der Waals surface area contributed by atoms with Crippen molar-refractivity contribution in [3.8, 4) is 5.75 Å². The highest BCUT2D eigenvalue weighted by molar-refractivity contribution is 9.10. The molecule has 0 radical (unpaired) electrons. The molecule has 0 aliphatic carbocycles. The lowest BCUT2D eigenvalue weighted by atomic mass is 10.1. The number of hydrogen-bond acceptors (Lipinski definition) is 2. The topological polar surface area (TPSA) is 29.5 Å². The van der Waals surface area contributed by atoms with Crippen LogP contribution in [0.15, 0.2) is 40.9 Å². The molecule has 1 atom stereocenters. The molecule has 1 unspecified atom stereocenters. The Morgan fingerprint density at radius 1 is 1.15 bits per heavy atom. The molecule has 0 saturated carbocycles. The second kappa shape index (κ2) is 6.33. The molecule has 2 nitrogen and oxygen atoms in total. The SMILES string of the molecule is CC(O)c1ccc(Br)cc1OCc1ccc(F)c(F)c1. The Balaban J connectivity index is 2.17. The van der Waals surface area contributed by atoms with E-state index in [1.54, 1.807) is 25.1 Å². The van der Waals surface area contributed by atoms with Crippen LogP contribution >= 0.6 is 15.9 Å². The third-order valence-electron chi connectivity index (χ3n) is 2.80. The lowest BCUT2D eigenvalue weighted by Crippen LogP contribution is -2.01. The van der Waals surface area contributed by atoms with Gasteiger partial charge in [0.2, 0.25) is 0 Å². The summed E-state index contributed by atoms with van der Waals surface area (Å²) in [4.78, 5) is 0. The minimum atomic E-state index is -0.906. The van der Waals surface area contributed by atoms with Crippen molar-refractivity contribution in [2.45, 2.75) is 19.6 Å². The predicted molar refractivity (Wildman–Crippen MR) is 75.5 cm³/mol. The minimum absolute atomic E-state index is 0.0906. The molecule has 0 heterocycles. The van der Waals surface area contributed by atoms with Crippen LogP contribution in [-0.2, 0) is 6.61 Å². The Hall–Kier alpha value is -1.46. The van der Waals surface area contributed by atoms with E-state index >= 15 is 0 Å². The second-order valence-corrected chi connectivity index (χ2v) is 5.31. The lowest BCUT2D eigenvalue weighted by molar-refractivity contribution is 0.190. The van der Waals surface area contributed by atoms with Gasteiger partial charge in [-0.3, -0.25) is 0 Å². The van der Waals surface area contributed by atoms with Crippen LogP contribution in [0.3, 0.4) is 0 Å². The summed E-state index contributed by atoms with van der Waals surface area (Å²) in [5, 5.41) is 9.67. The minimum Gasteiger partial charge on any atom is -0.488 e. The average Bonchev–Trinajstić information content (AvgIpc) is 2.40. The molecule has 106 valence electrons. The number of halogens is 3. The second-order valence-electron chi connectivity index (χ2n) is 4.40. The Morgan fingerprint density at radius 3 is 2.55 bits per heavy atom. The molecule has 20 heavy (non-hydrogen) atoms. The molecule has 0 spiro atoms. The zero-order valence-corrected chi connectivity index (χ0v) is 12.3. The van der Waals surface area contributed by atoms with Crippen molar-refractivity contribution < 1.29 is 18.6 Å². The summed E-state index contributed by atoms with van der Waals surface area (Å²) in [6.45, 7) is 1.72. The first kappa shape index (κ1) is 14.9. The maximum absolute atomic E-state index is 13.1. The molecular weight excluding hydrogens is 330 g/mol. The van der Waals surface area contributed by atoms with Gasteiger partial charge in [-0.1, -0.05) is 28.1 Å². The van der Waals surface area contributed by atoms with Crippen molar-refractivity contribution in [3.05, 3.63) is 63.6 Å². The van der Waals surface area contributed by atoms with E-state index in [0.29, 0.717) is 16.9 Å². The van der Waals surface area contributed by atoms with E-state index in [1.807, 2.05) is 0 Å². The van der Waals surface area contributed by atoms with E-state index in [-0.39, 0.29) is 6.61 Å². The predicted octanol–water partition coefficient (Wildman–Crippen LogP) is 4.36. The standard InChI is InChI=1S/C15H13BrF2O2/c1-9(19)12-4-3-11(16)7-15(12)20-8-10-2-5-13(17)14(18)6-10/h2-7,9,19H,8H2,1H3. The number of ether oxygens (including phenoxy) is 1. The zero-order chi connectivity index (χ0) is 14.7. The Kier molecular flexibility index (Phi) is 4.73. The molecule has 0 aliphatic heterocycles. The largest absolute Gasteiger partial charge is 0.488 e. The van der Waals surface area contributed by atoms with E-state index in [4.69, 9.17) is 4.74 Å². The molecule has 2 aromatic carbocycles. The van der Waals surface area contributed by atoms with E-state index in [1.165, 1.54) is 6.07 Å². The van der Waals surface area contributed by atoms with Crippen LogP contribution in [-0.4, -0.2) is 5.11 Å². The summed E-state index contributed by atoms with van der Waals surface area (Å²) < 4.78 is 32.3. The van der Waals surface area contributed by atoms with Crippen LogP contribution in [0.1, 0.15) is 24.2 Å². The lowest BCUT2D eigenvalue weighted by Gasteiger charge is -2.14. The Labute approximate surface area is 124 Å². The van der Waals surface area contributed by atoms with Crippen LogP contribution in [0.2, 0.25) is 0 Å². The molecular formula is C15H13BrF2O2. The number of benzene rings is 2. The van der Waals surface area contributed by atoms with Crippen molar-refractivity contribution in [1.29, 1.82) is 0 Å². The van der Waals surface area contributed by atoms with Crippen LogP contribution < -0.4 is 4.74 Å². The van der Waals surface area contributed by atoms with Crippen molar-refractivity contribution in [2.75, 3.05) is 0 Å². The van der Waals surface area contributed by atoms with Crippen LogP contribution in [0, 0.1) is 11.6 Å². The van der Waals surface area contributed by atoms with E-state index < -0.39 is 17.7 Å².